The van der Waals surface area contributed by atoms with Crippen LogP contribution in [0.4, 0.5) is 0 Å². The van der Waals surface area contributed by atoms with Gasteiger partial charge in [0, 0.05) is 0 Å². The summed E-state index contributed by atoms with van der Waals surface area (Å²) < 4.78 is 1.28. The number of rotatable bonds is 4. The molecule has 5 nitrogen and oxygen atoms in total. The monoisotopic (exact) mass is 209 g/mol. The molecule has 0 fully saturated rings. The quantitative estimate of drug-likeness (QED) is 0.430. The molecule has 0 aromatic heterocycles. The SMILES string of the molecule is CC[N+](CC)(CC)CC.O.[O-]B(O)O. The summed E-state index contributed by atoms with van der Waals surface area (Å²) in [6, 6.07) is 0. The lowest BCUT2D eigenvalue weighted by Gasteiger charge is -2.34. The van der Waals surface area contributed by atoms with Crippen molar-refractivity contribution in [3.8, 4) is 0 Å². The second kappa shape index (κ2) is 10.9. The van der Waals surface area contributed by atoms with Crippen LogP contribution in [-0.2, 0) is 0 Å². The van der Waals surface area contributed by atoms with Crippen molar-refractivity contribution in [2.24, 2.45) is 0 Å². The van der Waals surface area contributed by atoms with Crippen LogP contribution in [0.1, 0.15) is 27.7 Å². The first-order valence-corrected chi connectivity index (χ1v) is 4.85. The number of hydrogen-bond donors (Lipinski definition) is 2. The highest BCUT2D eigenvalue weighted by Crippen LogP contribution is 2.03. The average Bonchev–Trinajstić information content (AvgIpc) is 2.09. The molecule has 6 heteroatoms. The zero-order valence-corrected chi connectivity index (χ0v) is 9.66. The van der Waals surface area contributed by atoms with Crippen LogP contribution in [0.25, 0.3) is 0 Å². The first-order valence-electron chi connectivity index (χ1n) is 4.85. The summed E-state index contributed by atoms with van der Waals surface area (Å²) in [5.74, 6) is 0. The highest BCUT2D eigenvalue weighted by atomic mass is 16.5. The maximum Gasteiger partial charge on any atom is 0.339 e. The molecular formula is C8H24BNO4. The standard InChI is InChI=1S/C8H20N.BH2O3.H2O/c1-5-9(6-2,7-3)8-4;2-1(3)4;/h5-8H2,1-4H3;2-3H;1H2/q+1;-1;. The van der Waals surface area contributed by atoms with Gasteiger partial charge in [-0.2, -0.15) is 0 Å². The van der Waals surface area contributed by atoms with Crippen molar-refractivity contribution in [3.05, 3.63) is 0 Å². The fourth-order valence-corrected chi connectivity index (χ4v) is 1.34. The van der Waals surface area contributed by atoms with Crippen molar-refractivity contribution in [3.63, 3.8) is 0 Å². The van der Waals surface area contributed by atoms with E-state index in [1.54, 1.807) is 0 Å². The van der Waals surface area contributed by atoms with Gasteiger partial charge in [0.15, 0.2) is 0 Å². The molecule has 0 amide bonds. The molecule has 0 aromatic rings. The Morgan fingerprint density at radius 1 is 0.929 bits per heavy atom. The van der Waals surface area contributed by atoms with Gasteiger partial charge in [-0.3, -0.25) is 0 Å². The Hall–Kier alpha value is -0.135. The van der Waals surface area contributed by atoms with E-state index in [0.717, 1.165) is 0 Å². The molecule has 0 rings (SSSR count). The van der Waals surface area contributed by atoms with E-state index in [2.05, 4.69) is 27.7 Å². The normalized spacial score (nSPS) is 9.64. The molecule has 0 heterocycles. The average molecular weight is 209 g/mol. The molecule has 0 spiro atoms. The molecule has 0 aliphatic rings. The van der Waals surface area contributed by atoms with Crippen molar-refractivity contribution in [1.29, 1.82) is 0 Å². The maximum absolute atomic E-state index is 8.64. The van der Waals surface area contributed by atoms with Crippen LogP contribution in [0.3, 0.4) is 0 Å². The Morgan fingerprint density at radius 3 is 1.07 bits per heavy atom. The highest BCUT2D eigenvalue weighted by molar-refractivity contribution is 6.28. The Labute approximate surface area is 87.1 Å². The van der Waals surface area contributed by atoms with E-state index in [4.69, 9.17) is 15.1 Å². The molecule has 0 saturated heterocycles. The van der Waals surface area contributed by atoms with Gasteiger partial charge in [0.1, 0.15) is 0 Å². The Balaban J connectivity index is -0.000000209. The largest absolute Gasteiger partial charge is 0.832 e. The minimum absolute atomic E-state index is 0. The predicted molar refractivity (Wildman–Crippen MR) is 56.2 cm³/mol. The van der Waals surface area contributed by atoms with Crippen LogP contribution in [0, 0.1) is 0 Å². The summed E-state index contributed by atoms with van der Waals surface area (Å²) in [5, 5.41) is 22.8. The van der Waals surface area contributed by atoms with Gasteiger partial charge in [0.25, 0.3) is 0 Å². The molecule has 0 unspecified atom stereocenters. The molecule has 0 saturated carbocycles. The number of nitrogens with zero attached hydrogens (tertiary/aromatic N) is 1. The van der Waals surface area contributed by atoms with Gasteiger partial charge < -0.3 is 25.0 Å². The molecule has 0 aliphatic carbocycles. The third-order valence-corrected chi connectivity index (χ3v) is 2.68. The van der Waals surface area contributed by atoms with Crippen LogP contribution < -0.4 is 5.02 Å². The van der Waals surface area contributed by atoms with E-state index < -0.39 is 7.32 Å². The van der Waals surface area contributed by atoms with Crippen molar-refractivity contribution in [1.82, 2.24) is 0 Å². The fraction of sp³-hybridized carbons (Fsp3) is 1.00. The van der Waals surface area contributed by atoms with E-state index in [0.29, 0.717) is 0 Å². The summed E-state index contributed by atoms with van der Waals surface area (Å²) in [7, 11) is -2.42. The third-order valence-electron chi connectivity index (χ3n) is 2.68. The second-order valence-electron chi connectivity index (χ2n) is 2.93. The summed E-state index contributed by atoms with van der Waals surface area (Å²) in [6.45, 7) is 14.2. The van der Waals surface area contributed by atoms with Gasteiger partial charge in [-0.05, 0) is 27.7 Å². The highest BCUT2D eigenvalue weighted by Gasteiger charge is 2.16. The minimum atomic E-state index is -2.42. The van der Waals surface area contributed by atoms with Gasteiger partial charge >= 0.3 is 7.32 Å². The van der Waals surface area contributed by atoms with Crippen LogP contribution in [0.5, 0.6) is 0 Å². The number of quaternary nitrogens is 1. The van der Waals surface area contributed by atoms with Crippen LogP contribution in [0.2, 0.25) is 0 Å². The smallest absolute Gasteiger partial charge is 0.339 e. The van der Waals surface area contributed by atoms with Gasteiger partial charge in [0.2, 0.25) is 0 Å². The van der Waals surface area contributed by atoms with Gasteiger partial charge in [-0.25, -0.2) is 0 Å². The van der Waals surface area contributed by atoms with Crippen LogP contribution in [0.15, 0.2) is 0 Å². The lowest BCUT2D eigenvalue weighted by molar-refractivity contribution is -0.921. The van der Waals surface area contributed by atoms with Gasteiger partial charge in [-0.15, -0.1) is 0 Å². The second-order valence-corrected chi connectivity index (χ2v) is 2.93. The molecule has 0 aliphatic heterocycles. The van der Waals surface area contributed by atoms with Crippen LogP contribution >= 0.6 is 0 Å². The molecular weight excluding hydrogens is 185 g/mol. The van der Waals surface area contributed by atoms with E-state index in [1.165, 1.54) is 30.7 Å². The third kappa shape index (κ3) is 9.95. The summed E-state index contributed by atoms with van der Waals surface area (Å²) >= 11 is 0. The lowest BCUT2D eigenvalue weighted by Crippen LogP contribution is -2.47. The van der Waals surface area contributed by atoms with Crippen molar-refractivity contribution in [2.75, 3.05) is 26.2 Å². The molecule has 0 atom stereocenters. The van der Waals surface area contributed by atoms with Crippen LogP contribution in [-0.4, -0.2) is 53.5 Å². The zero-order chi connectivity index (χ0) is 10.9. The predicted octanol–water partition coefficient (Wildman–Crippen LogP) is -1.63. The minimum Gasteiger partial charge on any atom is -0.832 e. The molecule has 4 N–H and O–H groups in total. The maximum atomic E-state index is 8.64. The Morgan fingerprint density at radius 2 is 1.07 bits per heavy atom. The summed E-state index contributed by atoms with van der Waals surface area (Å²) in [4.78, 5) is 0. The molecule has 0 aromatic carbocycles. The molecule has 0 bridgehead atoms. The summed E-state index contributed by atoms with van der Waals surface area (Å²) in [5.41, 5.74) is 0. The van der Waals surface area contributed by atoms with Gasteiger partial charge in [-0.1, -0.05) is 0 Å². The molecule has 88 valence electrons. The Kier molecular flexibility index (Phi) is 15.2. The topological polar surface area (TPSA) is 95.0 Å². The summed E-state index contributed by atoms with van der Waals surface area (Å²) in [6.07, 6.45) is 0. The van der Waals surface area contributed by atoms with Crippen molar-refractivity contribution < 1.29 is 25.0 Å². The van der Waals surface area contributed by atoms with E-state index >= 15 is 0 Å². The number of hydrogen-bond acceptors (Lipinski definition) is 3. The first-order chi connectivity index (χ1) is 5.97. The molecule has 14 heavy (non-hydrogen) atoms. The zero-order valence-electron chi connectivity index (χ0n) is 9.66. The van der Waals surface area contributed by atoms with Gasteiger partial charge in [0.05, 0.1) is 26.2 Å². The van der Waals surface area contributed by atoms with Crippen molar-refractivity contribution >= 4 is 7.32 Å². The van der Waals surface area contributed by atoms with E-state index in [9.17, 15) is 0 Å². The Bertz CT molecular complexity index is 89.2. The first kappa shape index (κ1) is 19.4. The van der Waals surface area contributed by atoms with Crippen molar-refractivity contribution in [2.45, 2.75) is 27.7 Å². The molecule has 0 radical (unpaired) electrons. The fourth-order valence-electron chi connectivity index (χ4n) is 1.34. The van der Waals surface area contributed by atoms with E-state index in [-0.39, 0.29) is 5.48 Å². The van der Waals surface area contributed by atoms with E-state index in [1.807, 2.05) is 0 Å². The lowest BCUT2D eigenvalue weighted by atomic mass is 10.3.